The third-order valence-electron chi connectivity index (χ3n) is 6.12. The number of alkyl halides is 3. The fourth-order valence-corrected chi connectivity index (χ4v) is 5.41. The molecule has 13 heteroatoms. The Hall–Kier alpha value is -3.96. The van der Waals surface area contributed by atoms with E-state index in [0.717, 1.165) is 30.0 Å². The summed E-state index contributed by atoms with van der Waals surface area (Å²) in [5, 5.41) is 7.66. The molecule has 0 bridgehead atoms. The normalized spacial score (nSPS) is 12.3. The zero-order chi connectivity index (χ0) is 32.7. The molecular formula is C32H23Cl3F3N3O3S. The summed E-state index contributed by atoms with van der Waals surface area (Å²) in [4.78, 5) is 39.7. The first-order valence-corrected chi connectivity index (χ1v) is 15.1. The minimum Gasteiger partial charge on any atom is -0.324 e. The number of anilines is 2. The van der Waals surface area contributed by atoms with Crippen LogP contribution >= 0.6 is 46.6 Å². The van der Waals surface area contributed by atoms with Crippen molar-refractivity contribution in [3.8, 4) is 0 Å². The zero-order valence-corrected chi connectivity index (χ0v) is 26.3. The van der Waals surface area contributed by atoms with Crippen LogP contribution in [0.2, 0.25) is 15.1 Å². The summed E-state index contributed by atoms with van der Waals surface area (Å²) < 4.78 is 39.4. The van der Waals surface area contributed by atoms with Gasteiger partial charge in [-0.1, -0.05) is 65.1 Å². The van der Waals surface area contributed by atoms with Gasteiger partial charge in [0.2, 0.25) is 5.91 Å². The number of halogens is 6. The van der Waals surface area contributed by atoms with E-state index in [1.807, 2.05) is 0 Å². The number of nitrogens with one attached hydrogen (secondary N) is 3. The smallest absolute Gasteiger partial charge is 0.324 e. The molecule has 0 spiro atoms. The van der Waals surface area contributed by atoms with Crippen LogP contribution in [0.15, 0.2) is 102 Å². The molecule has 1 unspecified atom stereocenters. The molecule has 4 aromatic carbocycles. The van der Waals surface area contributed by atoms with Crippen LogP contribution in [0.4, 0.5) is 24.5 Å². The highest BCUT2D eigenvalue weighted by Gasteiger charge is 2.31. The molecule has 0 radical (unpaired) electrons. The second-order valence-corrected chi connectivity index (χ2v) is 12.1. The Bertz CT molecular complexity index is 1770. The van der Waals surface area contributed by atoms with Gasteiger partial charge in [0.05, 0.1) is 21.5 Å². The van der Waals surface area contributed by atoms with E-state index >= 15 is 0 Å². The Morgan fingerprint density at radius 2 is 1.56 bits per heavy atom. The van der Waals surface area contributed by atoms with E-state index in [1.54, 1.807) is 73.7 Å². The van der Waals surface area contributed by atoms with Gasteiger partial charge in [-0.15, -0.1) is 11.8 Å². The number of carbonyl (C=O) groups excluding carboxylic acids is 3. The van der Waals surface area contributed by atoms with Crippen molar-refractivity contribution < 1.29 is 27.6 Å². The van der Waals surface area contributed by atoms with Crippen LogP contribution < -0.4 is 16.0 Å². The van der Waals surface area contributed by atoms with Crippen molar-refractivity contribution in [1.29, 1.82) is 0 Å². The number of hydrogen-bond donors (Lipinski definition) is 3. The molecule has 232 valence electrons. The first kappa shape index (κ1) is 33.9. The minimum absolute atomic E-state index is 0.0404. The lowest BCUT2D eigenvalue weighted by atomic mass is 10.1. The maximum Gasteiger partial charge on any atom is 0.416 e. The lowest BCUT2D eigenvalue weighted by Gasteiger charge is -2.15. The maximum absolute atomic E-state index is 13.4. The van der Waals surface area contributed by atoms with Gasteiger partial charge in [0.25, 0.3) is 11.8 Å². The standard InChI is InChI=1S/C32H23Cl3F3N3O3S/c1-18(29(42)40-27-15-21(32(36,37)38)11-13-25(27)34)45-24-9-5-8-23(17-24)39-31(44)28(14-20-10-12-22(33)16-26(20)35)41-30(43)19-6-3-2-4-7-19/h2-18H,1H3,(H,39,44)(H,40,42)(H,41,43)/b28-14+. The lowest BCUT2D eigenvalue weighted by molar-refractivity contribution is -0.137. The maximum atomic E-state index is 13.4. The average molecular weight is 693 g/mol. The molecule has 0 aromatic heterocycles. The highest BCUT2D eigenvalue weighted by molar-refractivity contribution is 8.00. The van der Waals surface area contributed by atoms with E-state index in [0.29, 0.717) is 26.7 Å². The highest BCUT2D eigenvalue weighted by atomic mass is 35.5. The molecule has 0 fully saturated rings. The second kappa shape index (κ2) is 14.9. The Kier molecular flexibility index (Phi) is 11.2. The van der Waals surface area contributed by atoms with Crippen LogP contribution in [0, 0.1) is 0 Å². The molecule has 4 rings (SSSR count). The summed E-state index contributed by atoms with van der Waals surface area (Å²) in [6.45, 7) is 1.57. The lowest BCUT2D eigenvalue weighted by Crippen LogP contribution is -2.30. The third kappa shape index (κ3) is 9.51. The van der Waals surface area contributed by atoms with Crippen molar-refractivity contribution in [1.82, 2.24) is 5.32 Å². The molecule has 0 aliphatic carbocycles. The topological polar surface area (TPSA) is 87.3 Å². The quantitative estimate of drug-likeness (QED) is 0.121. The number of carbonyl (C=O) groups is 3. The molecular weight excluding hydrogens is 670 g/mol. The molecule has 3 N–H and O–H groups in total. The van der Waals surface area contributed by atoms with E-state index in [2.05, 4.69) is 16.0 Å². The fourth-order valence-electron chi connectivity index (χ4n) is 3.85. The van der Waals surface area contributed by atoms with Crippen LogP contribution in [-0.2, 0) is 15.8 Å². The number of hydrogen-bond acceptors (Lipinski definition) is 4. The molecule has 4 aromatic rings. The van der Waals surface area contributed by atoms with Gasteiger partial charge in [0, 0.05) is 26.2 Å². The van der Waals surface area contributed by atoms with E-state index in [9.17, 15) is 27.6 Å². The monoisotopic (exact) mass is 691 g/mol. The van der Waals surface area contributed by atoms with Crippen molar-refractivity contribution in [2.75, 3.05) is 10.6 Å². The Labute approximate surface area is 275 Å². The van der Waals surface area contributed by atoms with Crippen molar-refractivity contribution in [2.45, 2.75) is 23.2 Å². The van der Waals surface area contributed by atoms with Gasteiger partial charge in [-0.05, 0) is 79.2 Å². The number of rotatable bonds is 9. The van der Waals surface area contributed by atoms with Crippen LogP contribution in [0.25, 0.3) is 6.08 Å². The number of benzene rings is 4. The molecule has 6 nitrogen and oxygen atoms in total. The summed E-state index contributed by atoms with van der Waals surface area (Å²) in [7, 11) is 0. The van der Waals surface area contributed by atoms with Gasteiger partial charge in [-0.2, -0.15) is 13.2 Å². The molecule has 1 atom stereocenters. The first-order valence-electron chi connectivity index (χ1n) is 13.1. The van der Waals surface area contributed by atoms with E-state index in [4.69, 9.17) is 34.8 Å². The summed E-state index contributed by atoms with van der Waals surface area (Å²) in [6.07, 6.45) is -3.19. The summed E-state index contributed by atoms with van der Waals surface area (Å²) >= 11 is 19.4. The SMILES string of the molecule is CC(Sc1cccc(NC(=O)/C(=C\c2ccc(Cl)cc2Cl)NC(=O)c2ccccc2)c1)C(=O)Nc1cc(C(F)(F)F)ccc1Cl. The largest absolute Gasteiger partial charge is 0.416 e. The van der Waals surface area contributed by atoms with Gasteiger partial charge < -0.3 is 16.0 Å². The molecule has 3 amide bonds. The summed E-state index contributed by atoms with van der Waals surface area (Å²) in [5.41, 5.74) is -0.0993. The van der Waals surface area contributed by atoms with Gasteiger partial charge >= 0.3 is 6.18 Å². The van der Waals surface area contributed by atoms with Crippen LogP contribution in [0.3, 0.4) is 0 Å². The van der Waals surface area contributed by atoms with E-state index in [1.165, 1.54) is 12.1 Å². The summed E-state index contributed by atoms with van der Waals surface area (Å²) in [6, 6.07) is 22.2. The van der Waals surface area contributed by atoms with Crippen LogP contribution in [-0.4, -0.2) is 23.0 Å². The zero-order valence-electron chi connectivity index (χ0n) is 23.2. The number of amides is 3. The molecule has 0 saturated heterocycles. The third-order valence-corrected chi connectivity index (χ3v) is 8.10. The highest BCUT2D eigenvalue weighted by Crippen LogP contribution is 2.34. The van der Waals surface area contributed by atoms with Gasteiger partial charge in [0.15, 0.2) is 0 Å². The second-order valence-electron chi connectivity index (χ2n) is 9.47. The summed E-state index contributed by atoms with van der Waals surface area (Å²) in [5.74, 6) is -1.76. The van der Waals surface area contributed by atoms with Crippen LogP contribution in [0.5, 0.6) is 0 Å². The predicted molar refractivity (Wildman–Crippen MR) is 174 cm³/mol. The van der Waals surface area contributed by atoms with Crippen molar-refractivity contribution >= 4 is 81.7 Å². The van der Waals surface area contributed by atoms with Crippen molar-refractivity contribution in [3.63, 3.8) is 0 Å². The average Bonchev–Trinajstić information content (AvgIpc) is 2.99. The fraction of sp³-hybridized carbons (Fsp3) is 0.0938. The molecule has 0 aliphatic rings. The van der Waals surface area contributed by atoms with E-state index < -0.39 is 34.7 Å². The molecule has 0 aliphatic heterocycles. The van der Waals surface area contributed by atoms with Gasteiger partial charge in [-0.25, -0.2) is 0 Å². The number of thioether (sulfide) groups is 1. The first-order chi connectivity index (χ1) is 21.3. The van der Waals surface area contributed by atoms with Crippen molar-refractivity contribution in [3.05, 3.63) is 128 Å². The van der Waals surface area contributed by atoms with E-state index in [-0.39, 0.29) is 21.4 Å². The molecule has 0 saturated carbocycles. The minimum atomic E-state index is -4.60. The Morgan fingerprint density at radius 1 is 0.822 bits per heavy atom. The van der Waals surface area contributed by atoms with Crippen LogP contribution in [0.1, 0.15) is 28.4 Å². The molecule has 45 heavy (non-hydrogen) atoms. The Balaban J connectivity index is 1.50. The Morgan fingerprint density at radius 3 is 2.24 bits per heavy atom. The predicted octanol–water partition coefficient (Wildman–Crippen LogP) is 9.19. The molecule has 0 heterocycles. The van der Waals surface area contributed by atoms with Gasteiger partial charge in [-0.3, -0.25) is 14.4 Å². The van der Waals surface area contributed by atoms with Crippen molar-refractivity contribution in [2.24, 2.45) is 0 Å². The van der Waals surface area contributed by atoms with Gasteiger partial charge in [0.1, 0.15) is 5.70 Å².